The first-order valence-electron chi connectivity index (χ1n) is 11.0. The molecular weight excluding hydrogens is 421 g/mol. The van der Waals surface area contributed by atoms with Crippen LogP contribution in [-0.4, -0.2) is 57.4 Å². The Morgan fingerprint density at radius 1 is 1.03 bits per heavy atom. The molecule has 7 nitrogen and oxygen atoms in total. The van der Waals surface area contributed by atoms with E-state index in [-0.39, 0.29) is 5.75 Å². The maximum atomic E-state index is 12.6. The van der Waals surface area contributed by atoms with Gasteiger partial charge in [0.25, 0.3) is 0 Å². The highest BCUT2D eigenvalue weighted by atomic mass is 19.4. The van der Waals surface area contributed by atoms with Crippen LogP contribution in [0.15, 0.2) is 36.4 Å². The number of pyridine rings is 1. The Kier molecular flexibility index (Phi) is 5.62. The first-order chi connectivity index (χ1) is 15.4. The molecule has 32 heavy (non-hydrogen) atoms. The van der Waals surface area contributed by atoms with Crippen LogP contribution in [0.1, 0.15) is 25.7 Å². The molecule has 3 heterocycles. The van der Waals surface area contributed by atoms with E-state index >= 15 is 0 Å². The van der Waals surface area contributed by atoms with Crippen molar-refractivity contribution in [2.45, 2.75) is 32.0 Å². The second-order valence-electron chi connectivity index (χ2n) is 8.65. The summed E-state index contributed by atoms with van der Waals surface area (Å²) in [5, 5.41) is 11.6. The number of aromatic nitrogens is 4. The third-order valence-corrected chi connectivity index (χ3v) is 6.09. The molecule has 3 aromatic rings. The standard InChI is InChI=1S/C22H25F3N6O/c23-22(24,25)32-18-3-1-2-17(12-18)31-21-19(28-29-31)6-7-20(27-21)26-13-15-8-10-30(11-9-15)14-16-4-5-16/h1-3,6-7,12,15-16H,4-5,8-11,13-14H2,(H,26,27). The molecule has 0 amide bonds. The lowest BCUT2D eigenvalue weighted by Gasteiger charge is -2.32. The van der Waals surface area contributed by atoms with Crippen LogP contribution in [-0.2, 0) is 0 Å². The normalized spacial score (nSPS) is 18.2. The van der Waals surface area contributed by atoms with E-state index in [9.17, 15) is 13.2 Å². The molecule has 1 saturated heterocycles. The topological polar surface area (TPSA) is 68.1 Å². The van der Waals surface area contributed by atoms with Gasteiger partial charge in [-0.3, -0.25) is 0 Å². The fourth-order valence-electron chi connectivity index (χ4n) is 4.18. The third kappa shape index (κ3) is 5.12. The van der Waals surface area contributed by atoms with Gasteiger partial charge in [0.05, 0.1) is 5.69 Å². The van der Waals surface area contributed by atoms with Crippen LogP contribution in [0, 0.1) is 11.8 Å². The maximum absolute atomic E-state index is 12.6. The molecule has 1 saturated carbocycles. The van der Waals surface area contributed by atoms with E-state index in [1.165, 1.54) is 55.1 Å². The zero-order chi connectivity index (χ0) is 22.1. The van der Waals surface area contributed by atoms with Crippen molar-refractivity contribution in [1.82, 2.24) is 24.9 Å². The fraction of sp³-hybridized carbons (Fsp3) is 0.500. The Morgan fingerprint density at radius 3 is 2.59 bits per heavy atom. The number of nitrogens with one attached hydrogen (secondary N) is 1. The van der Waals surface area contributed by atoms with Crippen molar-refractivity contribution in [2.24, 2.45) is 11.8 Å². The van der Waals surface area contributed by atoms with Crippen molar-refractivity contribution in [1.29, 1.82) is 0 Å². The summed E-state index contributed by atoms with van der Waals surface area (Å²) in [4.78, 5) is 7.20. The summed E-state index contributed by atoms with van der Waals surface area (Å²) >= 11 is 0. The Morgan fingerprint density at radius 2 is 1.84 bits per heavy atom. The zero-order valence-electron chi connectivity index (χ0n) is 17.6. The average Bonchev–Trinajstić information content (AvgIpc) is 3.48. The second kappa shape index (κ2) is 8.57. The van der Waals surface area contributed by atoms with E-state index in [4.69, 9.17) is 0 Å². The minimum Gasteiger partial charge on any atom is -0.406 e. The molecule has 2 fully saturated rings. The molecule has 1 aliphatic carbocycles. The van der Waals surface area contributed by atoms with Gasteiger partial charge < -0.3 is 15.0 Å². The predicted molar refractivity (Wildman–Crippen MR) is 114 cm³/mol. The summed E-state index contributed by atoms with van der Waals surface area (Å²) in [6, 6.07) is 9.27. The first-order valence-corrected chi connectivity index (χ1v) is 11.0. The van der Waals surface area contributed by atoms with Gasteiger partial charge in [0.1, 0.15) is 17.1 Å². The minimum atomic E-state index is -4.76. The molecule has 10 heteroatoms. The molecule has 0 bridgehead atoms. The van der Waals surface area contributed by atoms with Crippen molar-refractivity contribution < 1.29 is 17.9 Å². The van der Waals surface area contributed by atoms with Crippen molar-refractivity contribution >= 4 is 17.0 Å². The number of anilines is 1. The summed E-state index contributed by atoms with van der Waals surface area (Å²) in [5.74, 6) is 1.91. The lowest BCUT2D eigenvalue weighted by atomic mass is 9.96. The number of alkyl halides is 3. The van der Waals surface area contributed by atoms with E-state index < -0.39 is 6.36 Å². The highest BCUT2D eigenvalue weighted by molar-refractivity contribution is 5.74. The quantitative estimate of drug-likeness (QED) is 0.585. The second-order valence-corrected chi connectivity index (χ2v) is 8.65. The van der Waals surface area contributed by atoms with Crippen molar-refractivity contribution in [3.8, 4) is 11.4 Å². The predicted octanol–water partition coefficient (Wildman–Crippen LogP) is 4.25. The largest absolute Gasteiger partial charge is 0.573 e. The molecule has 0 atom stereocenters. The van der Waals surface area contributed by atoms with Gasteiger partial charge in [-0.15, -0.1) is 18.3 Å². The number of rotatable bonds is 7. The number of halogens is 3. The molecule has 5 rings (SSSR count). The zero-order valence-corrected chi connectivity index (χ0v) is 17.6. The van der Waals surface area contributed by atoms with Crippen LogP contribution >= 0.6 is 0 Å². The molecule has 1 N–H and O–H groups in total. The summed E-state index contributed by atoms with van der Waals surface area (Å²) in [5.41, 5.74) is 1.42. The highest BCUT2D eigenvalue weighted by Gasteiger charge is 2.31. The molecule has 1 aliphatic heterocycles. The van der Waals surface area contributed by atoms with Crippen molar-refractivity contribution in [3.05, 3.63) is 36.4 Å². The van der Waals surface area contributed by atoms with Gasteiger partial charge >= 0.3 is 6.36 Å². The molecule has 170 valence electrons. The number of ether oxygens (including phenoxy) is 1. The van der Waals surface area contributed by atoms with Gasteiger partial charge in [0, 0.05) is 19.2 Å². The van der Waals surface area contributed by atoms with Gasteiger partial charge in [-0.2, -0.15) is 4.68 Å². The summed E-state index contributed by atoms with van der Waals surface area (Å²) < 4.78 is 43.1. The van der Waals surface area contributed by atoms with Crippen LogP contribution in [0.2, 0.25) is 0 Å². The lowest BCUT2D eigenvalue weighted by Crippen LogP contribution is -2.37. The van der Waals surface area contributed by atoms with E-state index in [1.54, 1.807) is 6.07 Å². The molecule has 0 radical (unpaired) electrons. The Hall–Kier alpha value is -2.88. The van der Waals surface area contributed by atoms with Gasteiger partial charge in [0.2, 0.25) is 0 Å². The molecule has 1 aromatic carbocycles. The molecule has 0 unspecified atom stereocenters. The summed E-state index contributed by atoms with van der Waals surface area (Å²) in [6.07, 6.45) is 0.370. The Balaban J connectivity index is 1.25. The van der Waals surface area contributed by atoms with Crippen LogP contribution in [0.25, 0.3) is 16.9 Å². The minimum absolute atomic E-state index is 0.319. The molecule has 0 spiro atoms. The van der Waals surface area contributed by atoms with Crippen LogP contribution < -0.4 is 10.1 Å². The number of fused-ring (bicyclic) bond motifs is 1. The van der Waals surface area contributed by atoms with Gasteiger partial charge in [-0.1, -0.05) is 11.3 Å². The third-order valence-electron chi connectivity index (χ3n) is 6.09. The van der Waals surface area contributed by atoms with Crippen LogP contribution in [0.5, 0.6) is 5.75 Å². The maximum Gasteiger partial charge on any atom is 0.573 e. The number of benzene rings is 1. The first kappa shape index (κ1) is 21.0. The van der Waals surface area contributed by atoms with Gasteiger partial charge in [0.15, 0.2) is 5.65 Å². The van der Waals surface area contributed by atoms with Crippen molar-refractivity contribution in [3.63, 3.8) is 0 Å². The van der Waals surface area contributed by atoms with E-state index in [1.807, 2.05) is 12.1 Å². The summed E-state index contributed by atoms with van der Waals surface area (Å²) in [7, 11) is 0. The summed E-state index contributed by atoms with van der Waals surface area (Å²) in [6.45, 7) is 4.40. The number of piperidine rings is 1. The van der Waals surface area contributed by atoms with E-state index in [0.717, 1.165) is 25.6 Å². The fourth-order valence-corrected chi connectivity index (χ4v) is 4.18. The molecular formula is C22H25F3N6O. The molecule has 2 aliphatic rings. The number of hydrogen-bond donors (Lipinski definition) is 1. The van der Waals surface area contributed by atoms with Crippen molar-refractivity contribution in [2.75, 3.05) is 31.5 Å². The van der Waals surface area contributed by atoms with E-state index in [2.05, 4.69) is 30.2 Å². The van der Waals surface area contributed by atoms with E-state index in [0.29, 0.717) is 28.6 Å². The number of likely N-dealkylation sites (tertiary alicyclic amines) is 1. The average molecular weight is 446 g/mol. The van der Waals surface area contributed by atoms with Gasteiger partial charge in [-0.25, -0.2) is 4.98 Å². The van der Waals surface area contributed by atoms with Crippen LogP contribution in [0.3, 0.4) is 0 Å². The smallest absolute Gasteiger partial charge is 0.406 e. The van der Waals surface area contributed by atoms with Gasteiger partial charge in [-0.05, 0) is 74.9 Å². The number of hydrogen-bond acceptors (Lipinski definition) is 6. The lowest BCUT2D eigenvalue weighted by molar-refractivity contribution is -0.274. The molecule has 2 aromatic heterocycles. The number of nitrogens with zero attached hydrogens (tertiary/aromatic N) is 5. The van der Waals surface area contributed by atoms with Crippen LogP contribution in [0.4, 0.5) is 19.0 Å². The monoisotopic (exact) mass is 446 g/mol. The Bertz CT molecular complexity index is 1070. The highest BCUT2D eigenvalue weighted by Crippen LogP contribution is 2.31. The SMILES string of the molecule is FC(F)(F)Oc1cccc(-n2nnc3ccc(NCC4CCN(CC5CC5)CC4)nc32)c1. The Labute approximate surface area is 183 Å².